The summed E-state index contributed by atoms with van der Waals surface area (Å²) in [5.74, 6) is 1.00. The first kappa shape index (κ1) is 26.0. The minimum atomic E-state index is -3.11. The Morgan fingerprint density at radius 1 is 1.18 bits per heavy atom. The maximum absolute atomic E-state index is 14.6. The molecular weight excluding hydrogens is 507 g/mol. The summed E-state index contributed by atoms with van der Waals surface area (Å²) in [5, 5.41) is 9.28. The Balaban J connectivity index is 1.48. The lowest BCUT2D eigenvalue weighted by Crippen LogP contribution is -2.63. The van der Waals surface area contributed by atoms with Crippen molar-refractivity contribution in [3.63, 3.8) is 0 Å². The number of pyridine rings is 1. The van der Waals surface area contributed by atoms with Gasteiger partial charge in [-0.2, -0.15) is 9.49 Å². The summed E-state index contributed by atoms with van der Waals surface area (Å²) in [6, 6.07) is 7.77. The van der Waals surface area contributed by atoms with Crippen molar-refractivity contribution in [2.45, 2.75) is 32.9 Å². The highest BCUT2D eigenvalue weighted by Gasteiger charge is 2.39. The van der Waals surface area contributed by atoms with Gasteiger partial charge in [-0.15, -0.1) is 0 Å². The number of anilines is 3. The van der Waals surface area contributed by atoms with Gasteiger partial charge in [-0.05, 0) is 42.0 Å². The molecule has 2 atom stereocenters. The van der Waals surface area contributed by atoms with E-state index in [4.69, 9.17) is 5.73 Å². The van der Waals surface area contributed by atoms with Crippen LogP contribution in [0.25, 0.3) is 22.2 Å². The lowest BCUT2D eigenvalue weighted by atomic mass is 9.92. The fourth-order valence-electron chi connectivity index (χ4n) is 5.03. The van der Waals surface area contributed by atoms with Gasteiger partial charge in [0.2, 0.25) is 5.95 Å². The third kappa shape index (κ3) is 4.81. The number of rotatable bonds is 7. The highest BCUT2D eigenvalue weighted by atomic mass is 32.2. The minimum Gasteiger partial charge on any atom is -0.355 e. The summed E-state index contributed by atoms with van der Waals surface area (Å²) in [5.41, 5.74) is 9.22. The predicted octanol–water partition coefficient (Wildman–Crippen LogP) is 3.51. The molecule has 5 rings (SSSR count). The summed E-state index contributed by atoms with van der Waals surface area (Å²) in [7, 11) is -1.57. The highest BCUT2D eigenvalue weighted by Crippen LogP contribution is 2.38. The van der Waals surface area contributed by atoms with E-state index in [9.17, 15) is 12.8 Å². The number of sulfone groups is 1. The molecule has 10 nitrogen and oxygen atoms in total. The molecule has 3 N–H and O–H groups in total. The van der Waals surface area contributed by atoms with Crippen molar-refractivity contribution in [2.75, 3.05) is 28.8 Å². The molecule has 0 aliphatic carbocycles. The Kier molecular flexibility index (Phi) is 6.56. The summed E-state index contributed by atoms with van der Waals surface area (Å²) >= 11 is 0. The van der Waals surface area contributed by atoms with Gasteiger partial charge in [0.15, 0.2) is 5.82 Å². The number of nitrogens with zero attached hydrogens (tertiary/aromatic N) is 6. The van der Waals surface area contributed by atoms with Crippen molar-refractivity contribution < 1.29 is 12.8 Å². The molecule has 1 aliphatic rings. The van der Waals surface area contributed by atoms with Gasteiger partial charge in [0.05, 0.1) is 23.2 Å². The molecule has 1 aliphatic heterocycles. The van der Waals surface area contributed by atoms with Gasteiger partial charge in [0, 0.05) is 49.2 Å². The third-order valence-corrected chi connectivity index (χ3v) is 7.96. The number of aryl methyl sites for hydroxylation is 2. The number of nitrogens with one attached hydrogen (secondary N) is 1. The van der Waals surface area contributed by atoms with Crippen LogP contribution in [0.15, 0.2) is 36.7 Å². The van der Waals surface area contributed by atoms with Gasteiger partial charge in [-0.3, -0.25) is 0 Å². The van der Waals surface area contributed by atoms with Crippen LogP contribution in [-0.2, 0) is 16.9 Å². The fourth-order valence-corrected chi connectivity index (χ4v) is 6.11. The van der Waals surface area contributed by atoms with E-state index in [1.54, 1.807) is 25.4 Å². The van der Waals surface area contributed by atoms with E-state index in [-0.39, 0.29) is 35.1 Å². The van der Waals surface area contributed by atoms with Crippen LogP contribution in [0.2, 0.25) is 0 Å². The molecule has 3 aromatic heterocycles. The van der Waals surface area contributed by atoms with Crippen LogP contribution in [0, 0.1) is 18.8 Å². The van der Waals surface area contributed by atoms with E-state index < -0.39 is 15.8 Å². The van der Waals surface area contributed by atoms with Gasteiger partial charge >= 0.3 is 0 Å². The largest absolute Gasteiger partial charge is 0.355 e. The van der Waals surface area contributed by atoms with Crippen LogP contribution >= 0.6 is 0 Å². The standard InChI is InChI=1S/C26H31FN8O2S/c1-14(2)17-6-7-20(35-12-16(25(35)28)13-38(5,36)37)19-11-30-22(10-18(17)19)31-21-8-9-29-26(32-21)23-15(3)33-34(4)24(23)27/h6-11,14,16,25H,12-13,28H2,1-5H3,(H,29,30,31,32)/t16-,25+/m1/s1. The number of fused-ring (bicyclic) bond motifs is 1. The summed E-state index contributed by atoms with van der Waals surface area (Å²) in [6.07, 6.45) is 4.21. The molecule has 12 heteroatoms. The molecular formula is C26H31FN8O2S. The first-order chi connectivity index (χ1) is 17.9. The maximum Gasteiger partial charge on any atom is 0.222 e. The molecule has 1 aromatic carbocycles. The Labute approximate surface area is 221 Å². The highest BCUT2D eigenvalue weighted by molar-refractivity contribution is 7.90. The Morgan fingerprint density at radius 2 is 1.95 bits per heavy atom. The number of benzene rings is 1. The van der Waals surface area contributed by atoms with Crippen LogP contribution in [0.5, 0.6) is 0 Å². The molecule has 1 fully saturated rings. The van der Waals surface area contributed by atoms with Gasteiger partial charge in [0.1, 0.15) is 21.5 Å². The minimum absolute atomic E-state index is 0.0718. The zero-order valence-electron chi connectivity index (χ0n) is 22.0. The smallest absolute Gasteiger partial charge is 0.222 e. The summed E-state index contributed by atoms with van der Waals surface area (Å²) in [4.78, 5) is 15.4. The molecule has 0 unspecified atom stereocenters. The van der Waals surface area contributed by atoms with Gasteiger partial charge < -0.3 is 16.0 Å². The summed E-state index contributed by atoms with van der Waals surface area (Å²) in [6.45, 7) is 6.53. The normalized spacial score (nSPS) is 17.7. The zero-order valence-corrected chi connectivity index (χ0v) is 22.8. The second-order valence-electron chi connectivity index (χ2n) is 10.2. The van der Waals surface area contributed by atoms with Crippen LogP contribution in [0.3, 0.4) is 0 Å². The molecule has 0 spiro atoms. The van der Waals surface area contributed by atoms with E-state index >= 15 is 0 Å². The maximum atomic E-state index is 14.6. The fraction of sp³-hybridized carbons (Fsp3) is 0.385. The van der Waals surface area contributed by atoms with Gasteiger partial charge in [-0.1, -0.05) is 19.9 Å². The molecule has 0 amide bonds. The first-order valence-electron chi connectivity index (χ1n) is 12.3. The van der Waals surface area contributed by atoms with Crippen LogP contribution < -0.4 is 16.0 Å². The van der Waals surface area contributed by atoms with Gasteiger partial charge in [0.25, 0.3) is 0 Å². The van der Waals surface area contributed by atoms with Crippen LogP contribution in [0.1, 0.15) is 31.0 Å². The Hall–Kier alpha value is -3.64. The van der Waals surface area contributed by atoms with Crippen molar-refractivity contribution in [1.29, 1.82) is 0 Å². The number of halogens is 1. The van der Waals surface area contributed by atoms with Crippen LogP contribution in [0.4, 0.5) is 21.7 Å². The van der Waals surface area contributed by atoms with E-state index in [1.165, 1.54) is 13.3 Å². The molecule has 200 valence electrons. The lowest BCUT2D eigenvalue weighted by molar-refractivity contribution is 0.328. The zero-order chi connectivity index (χ0) is 27.4. The van der Waals surface area contributed by atoms with Crippen molar-refractivity contribution in [3.05, 3.63) is 53.9 Å². The topological polar surface area (TPSA) is 132 Å². The third-order valence-electron chi connectivity index (χ3n) is 6.92. The van der Waals surface area contributed by atoms with Crippen molar-refractivity contribution in [3.8, 4) is 11.4 Å². The lowest BCUT2D eigenvalue weighted by Gasteiger charge is -2.47. The second-order valence-corrected chi connectivity index (χ2v) is 12.4. The number of hydrogen-bond acceptors (Lipinski definition) is 9. The van der Waals surface area contributed by atoms with Crippen molar-refractivity contribution in [1.82, 2.24) is 24.7 Å². The quantitative estimate of drug-likeness (QED) is 0.363. The number of aromatic nitrogens is 5. The molecule has 0 radical (unpaired) electrons. The van der Waals surface area contributed by atoms with Crippen LogP contribution in [-0.4, -0.2) is 57.9 Å². The molecule has 4 aromatic rings. The second kappa shape index (κ2) is 9.59. The summed E-state index contributed by atoms with van der Waals surface area (Å²) < 4.78 is 39.3. The Morgan fingerprint density at radius 3 is 2.58 bits per heavy atom. The number of hydrogen-bond donors (Lipinski definition) is 2. The molecule has 38 heavy (non-hydrogen) atoms. The van der Waals surface area contributed by atoms with Crippen molar-refractivity contribution >= 4 is 37.9 Å². The molecule has 4 heterocycles. The SMILES string of the molecule is Cc1nn(C)c(F)c1-c1nccc(Nc2cc3c(C(C)C)ccc(N4C[C@H](CS(C)(=O)=O)[C@H]4N)c3cn2)n1. The monoisotopic (exact) mass is 538 g/mol. The van der Waals surface area contributed by atoms with E-state index in [2.05, 4.69) is 45.3 Å². The predicted molar refractivity (Wildman–Crippen MR) is 147 cm³/mol. The van der Waals surface area contributed by atoms with E-state index in [0.717, 1.165) is 26.7 Å². The van der Waals surface area contributed by atoms with Gasteiger partial charge in [-0.25, -0.2) is 28.1 Å². The number of nitrogens with two attached hydrogens (primary N) is 1. The van der Waals surface area contributed by atoms with Crippen molar-refractivity contribution in [2.24, 2.45) is 18.7 Å². The molecule has 0 bridgehead atoms. The van der Waals surface area contributed by atoms with E-state index in [1.807, 2.05) is 17.0 Å². The van der Waals surface area contributed by atoms with E-state index in [0.29, 0.717) is 23.9 Å². The Bertz CT molecular complexity index is 1640. The average molecular weight is 539 g/mol. The average Bonchev–Trinajstić information content (AvgIpc) is 3.11. The molecule has 1 saturated heterocycles. The first-order valence-corrected chi connectivity index (χ1v) is 14.4. The molecule has 0 saturated carbocycles.